The normalized spacial score (nSPS) is 20.0. The lowest BCUT2D eigenvalue weighted by molar-refractivity contribution is -0.128. The van der Waals surface area contributed by atoms with E-state index in [0.29, 0.717) is 18.5 Å². The first-order valence-electron chi connectivity index (χ1n) is 8.42. The van der Waals surface area contributed by atoms with Crippen LogP contribution in [-0.4, -0.2) is 40.5 Å². The highest BCUT2D eigenvalue weighted by molar-refractivity contribution is 5.94. The summed E-state index contributed by atoms with van der Waals surface area (Å²) in [6, 6.07) is 7.40. The van der Waals surface area contributed by atoms with Crippen LogP contribution in [0.1, 0.15) is 54.4 Å². The maximum absolute atomic E-state index is 12.4. The number of nitrogens with one attached hydrogen (secondary N) is 1. The van der Waals surface area contributed by atoms with E-state index in [1.54, 1.807) is 12.1 Å². The Morgan fingerprint density at radius 1 is 1.17 bits per heavy atom. The van der Waals surface area contributed by atoms with E-state index in [-0.39, 0.29) is 18.4 Å². The lowest BCUT2D eigenvalue weighted by atomic mass is 9.98. The predicted molar refractivity (Wildman–Crippen MR) is 86.8 cm³/mol. The summed E-state index contributed by atoms with van der Waals surface area (Å²) in [5.74, 6) is 0.0719. The van der Waals surface area contributed by atoms with Crippen molar-refractivity contribution < 1.29 is 14.7 Å². The standard InChI is InChI=1S/C18H24N2O3/c21-13-18(9-1-2-10-18)19-17(23)15-7-5-14(6-8-15)12-20-11-3-4-16(20)22/h5-8,21H,1-4,9-13H2,(H,19,23). The van der Waals surface area contributed by atoms with Gasteiger partial charge in [-0.05, 0) is 37.0 Å². The van der Waals surface area contributed by atoms with Crippen LogP contribution in [0.2, 0.25) is 0 Å². The van der Waals surface area contributed by atoms with E-state index >= 15 is 0 Å². The molecular weight excluding hydrogens is 292 g/mol. The van der Waals surface area contributed by atoms with Crippen LogP contribution in [0.15, 0.2) is 24.3 Å². The van der Waals surface area contributed by atoms with Crippen molar-refractivity contribution in [2.75, 3.05) is 13.2 Å². The molecule has 1 saturated carbocycles. The first-order chi connectivity index (χ1) is 11.1. The van der Waals surface area contributed by atoms with E-state index in [4.69, 9.17) is 0 Å². The second kappa shape index (κ2) is 6.71. The van der Waals surface area contributed by atoms with Gasteiger partial charge in [0.1, 0.15) is 0 Å². The highest BCUT2D eigenvalue weighted by atomic mass is 16.3. The number of carbonyl (C=O) groups excluding carboxylic acids is 2. The van der Waals surface area contributed by atoms with Crippen LogP contribution in [0.3, 0.4) is 0 Å². The topological polar surface area (TPSA) is 69.6 Å². The molecule has 1 aromatic rings. The number of nitrogens with zero attached hydrogens (tertiary/aromatic N) is 1. The molecule has 1 heterocycles. The van der Waals surface area contributed by atoms with Gasteiger partial charge < -0.3 is 15.3 Å². The number of likely N-dealkylation sites (tertiary alicyclic amines) is 1. The highest BCUT2D eigenvalue weighted by Gasteiger charge is 2.34. The van der Waals surface area contributed by atoms with Crippen LogP contribution in [-0.2, 0) is 11.3 Å². The SMILES string of the molecule is O=C(NC1(CO)CCCC1)c1ccc(CN2CCCC2=O)cc1. The van der Waals surface area contributed by atoms with Crippen molar-refractivity contribution in [1.29, 1.82) is 0 Å². The van der Waals surface area contributed by atoms with Crippen molar-refractivity contribution in [3.8, 4) is 0 Å². The second-order valence-electron chi connectivity index (χ2n) is 6.72. The first kappa shape index (κ1) is 16.0. The van der Waals surface area contributed by atoms with Gasteiger partial charge in [-0.3, -0.25) is 9.59 Å². The largest absolute Gasteiger partial charge is 0.394 e. The van der Waals surface area contributed by atoms with Gasteiger partial charge in [-0.25, -0.2) is 0 Å². The maximum Gasteiger partial charge on any atom is 0.251 e. The number of aliphatic hydroxyl groups is 1. The zero-order chi connectivity index (χ0) is 16.3. The van der Waals surface area contributed by atoms with Crippen molar-refractivity contribution in [3.63, 3.8) is 0 Å². The molecule has 5 heteroatoms. The Balaban J connectivity index is 1.62. The number of benzene rings is 1. The van der Waals surface area contributed by atoms with Crippen LogP contribution in [0.25, 0.3) is 0 Å². The summed E-state index contributed by atoms with van der Waals surface area (Å²) >= 11 is 0. The molecule has 1 saturated heterocycles. The summed E-state index contributed by atoms with van der Waals surface area (Å²) in [6.45, 7) is 1.43. The van der Waals surface area contributed by atoms with Crippen LogP contribution in [0.5, 0.6) is 0 Å². The summed E-state index contributed by atoms with van der Waals surface area (Å²) in [5, 5.41) is 12.6. The summed E-state index contributed by atoms with van der Waals surface area (Å²) in [7, 11) is 0. The average molecular weight is 316 g/mol. The first-order valence-corrected chi connectivity index (χ1v) is 8.42. The fraction of sp³-hybridized carbons (Fsp3) is 0.556. The summed E-state index contributed by atoms with van der Waals surface area (Å²) in [4.78, 5) is 25.9. The van der Waals surface area contributed by atoms with E-state index < -0.39 is 5.54 Å². The van der Waals surface area contributed by atoms with Gasteiger partial charge >= 0.3 is 0 Å². The molecule has 0 unspecified atom stereocenters. The second-order valence-corrected chi connectivity index (χ2v) is 6.72. The van der Waals surface area contributed by atoms with Gasteiger partial charge in [0.25, 0.3) is 5.91 Å². The van der Waals surface area contributed by atoms with Crippen molar-refractivity contribution in [2.24, 2.45) is 0 Å². The van der Waals surface area contributed by atoms with Gasteiger partial charge in [-0.1, -0.05) is 25.0 Å². The molecule has 0 spiro atoms. The highest BCUT2D eigenvalue weighted by Crippen LogP contribution is 2.29. The summed E-state index contributed by atoms with van der Waals surface area (Å²) in [6.07, 6.45) is 5.34. The van der Waals surface area contributed by atoms with Gasteiger partial charge in [0.15, 0.2) is 0 Å². The fourth-order valence-corrected chi connectivity index (χ4v) is 3.54. The van der Waals surface area contributed by atoms with Crippen LogP contribution >= 0.6 is 0 Å². The van der Waals surface area contributed by atoms with Gasteiger partial charge in [-0.15, -0.1) is 0 Å². The Bertz CT molecular complexity index is 576. The number of rotatable bonds is 5. The number of hydrogen-bond donors (Lipinski definition) is 2. The monoisotopic (exact) mass is 316 g/mol. The van der Waals surface area contributed by atoms with Crippen LogP contribution < -0.4 is 5.32 Å². The number of carbonyl (C=O) groups is 2. The quantitative estimate of drug-likeness (QED) is 0.871. The third kappa shape index (κ3) is 3.55. The molecule has 3 rings (SSSR count). The Hall–Kier alpha value is -1.88. The van der Waals surface area contributed by atoms with Gasteiger partial charge in [0.05, 0.1) is 12.1 Å². The Morgan fingerprint density at radius 3 is 2.43 bits per heavy atom. The van der Waals surface area contributed by atoms with Crippen molar-refractivity contribution in [3.05, 3.63) is 35.4 Å². The molecular formula is C18H24N2O3. The molecule has 2 fully saturated rings. The average Bonchev–Trinajstić information content (AvgIpc) is 3.18. The van der Waals surface area contributed by atoms with Gasteiger partial charge in [0, 0.05) is 25.1 Å². The van der Waals surface area contributed by atoms with E-state index in [9.17, 15) is 14.7 Å². The van der Waals surface area contributed by atoms with Crippen LogP contribution in [0, 0.1) is 0 Å². The minimum Gasteiger partial charge on any atom is -0.394 e. The zero-order valence-corrected chi connectivity index (χ0v) is 13.4. The molecule has 1 aliphatic heterocycles. The predicted octanol–water partition coefficient (Wildman–Crippen LogP) is 1.84. The molecule has 1 aromatic carbocycles. The van der Waals surface area contributed by atoms with E-state index in [1.165, 1.54) is 0 Å². The number of hydrogen-bond acceptors (Lipinski definition) is 3. The maximum atomic E-state index is 12.4. The van der Waals surface area contributed by atoms with E-state index in [2.05, 4.69) is 5.32 Å². The molecule has 2 aliphatic rings. The van der Waals surface area contributed by atoms with E-state index in [1.807, 2.05) is 17.0 Å². The minimum atomic E-state index is -0.447. The fourth-order valence-electron chi connectivity index (χ4n) is 3.54. The van der Waals surface area contributed by atoms with Gasteiger partial charge in [-0.2, -0.15) is 0 Å². The smallest absolute Gasteiger partial charge is 0.251 e. The van der Waals surface area contributed by atoms with Crippen molar-refractivity contribution >= 4 is 11.8 Å². The minimum absolute atomic E-state index is 0.00606. The lowest BCUT2D eigenvalue weighted by Gasteiger charge is -2.28. The molecule has 5 nitrogen and oxygen atoms in total. The molecule has 0 bridgehead atoms. The third-order valence-corrected chi connectivity index (χ3v) is 5.00. The third-order valence-electron chi connectivity index (χ3n) is 5.00. The molecule has 124 valence electrons. The van der Waals surface area contributed by atoms with Gasteiger partial charge in [0.2, 0.25) is 5.91 Å². The number of aliphatic hydroxyl groups excluding tert-OH is 1. The summed E-state index contributed by atoms with van der Waals surface area (Å²) in [5.41, 5.74) is 1.19. The van der Waals surface area contributed by atoms with Crippen LogP contribution in [0.4, 0.5) is 0 Å². The summed E-state index contributed by atoms with van der Waals surface area (Å²) < 4.78 is 0. The Labute approximate surface area is 136 Å². The molecule has 0 atom stereocenters. The Morgan fingerprint density at radius 2 is 1.87 bits per heavy atom. The molecule has 1 aliphatic carbocycles. The molecule has 23 heavy (non-hydrogen) atoms. The zero-order valence-electron chi connectivity index (χ0n) is 13.4. The lowest BCUT2D eigenvalue weighted by Crippen LogP contribution is -2.49. The van der Waals surface area contributed by atoms with E-state index in [0.717, 1.165) is 44.2 Å². The molecule has 0 radical (unpaired) electrons. The number of amides is 2. The molecule has 0 aromatic heterocycles. The molecule has 2 amide bonds. The van der Waals surface area contributed by atoms with Crippen molar-refractivity contribution in [1.82, 2.24) is 10.2 Å². The molecule has 2 N–H and O–H groups in total. The van der Waals surface area contributed by atoms with Crippen molar-refractivity contribution in [2.45, 2.75) is 50.6 Å². The Kier molecular flexibility index (Phi) is 4.66.